The number of thioether (sulfide) groups is 1. The summed E-state index contributed by atoms with van der Waals surface area (Å²) in [7, 11) is 3.57. The van der Waals surface area contributed by atoms with Crippen LogP contribution in [0, 0.1) is 11.7 Å². The lowest BCUT2D eigenvalue weighted by molar-refractivity contribution is -0.148. The highest BCUT2D eigenvalue weighted by atomic mass is 32.2. The van der Waals surface area contributed by atoms with E-state index in [2.05, 4.69) is 11.9 Å². The van der Waals surface area contributed by atoms with E-state index in [9.17, 15) is 9.18 Å². The number of nitrogens with zero attached hydrogens (tertiary/aromatic N) is 1. The molecule has 0 aromatic heterocycles. The van der Waals surface area contributed by atoms with Crippen molar-refractivity contribution in [2.75, 3.05) is 14.2 Å². The van der Waals surface area contributed by atoms with Gasteiger partial charge in [-0.1, -0.05) is 0 Å². The average Bonchev–Trinajstić information content (AvgIpc) is 2.73. The van der Waals surface area contributed by atoms with Crippen molar-refractivity contribution in [3.05, 3.63) is 30.1 Å². The summed E-state index contributed by atoms with van der Waals surface area (Å²) in [6, 6.07) is 7.34. The number of hydrogen-bond donors (Lipinski definition) is 0. The molecule has 1 aromatic carbocycles. The molecule has 3 nitrogen and oxygen atoms in total. The summed E-state index contributed by atoms with van der Waals surface area (Å²) in [6.45, 7) is 0. The summed E-state index contributed by atoms with van der Waals surface area (Å²) in [4.78, 5) is 15.6. The van der Waals surface area contributed by atoms with Gasteiger partial charge in [-0.2, -0.15) is 0 Å². The van der Waals surface area contributed by atoms with E-state index in [4.69, 9.17) is 4.74 Å². The highest BCUT2D eigenvalue weighted by Crippen LogP contribution is 2.45. The minimum atomic E-state index is -0.229. The largest absolute Gasteiger partial charge is 0.469 e. The van der Waals surface area contributed by atoms with Gasteiger partial charge in [-0.05, 0) is 50.6 Å². The molecule has 2 saturated heterocycles. The Bertz CT molecular complexity index is 522. The molecule has 0 amide bonds. The quantitative estimate of drug-likeness (QED) is 0.803. The van der Waals surface area contributed by atoms with E-state index in [1.165, 1.54) is 19.2 Å². The number of halogens is 1. The van der Waals surface area contributed by atoms with Gasteiger partial charge in [-0.25, -0.2) is 4.39 Å². The van der Waals surface area contributed by atoms with Crippen LogP contribution < -0.4 is 0 Å². The molecule has 114 valence electrons. The molecule has 21 heavy (non-hydrogen) atoms. The van der Waals surface area contributed by atoms with Gasteiger partial charge < -0.3 is 4.74 Å². The molecule has 2 bridgehead atoms. The molecule has 0 radical (unpaired) electrons. The molecule has 5 heteroatoms. The van der Waals surface area contributed by atoms with Gasteiger partial charge >= 0.3 is 5.97 Å². The molecule has 0 saturated carbocycles. The second-order valence-corrected chi connectivity index (χ2v) is 7.17. The first kappa shape index (κ1) is 14.9. The molecule has 4 unspecified atom stereocenters. The van der Waals surface area contributed by atoms with E-state index in [1.807, 2.05) is 0 Å². The Labute approximate surface area is 128 Å². The van der Waals surface area contributed by atoms with Gasteiger partial charge in [-0.3, -0.25) is 9.69 Å². The number of hydrogen-bond acceptors (Lipinski definition) is 4. The fraction of sp³-hybridized carbons (Fsp3) is 0.562. The summed E-state index contributed by atoms with van der Waals surface area (Å²) in [6.07, 6.45) is 3.19. The van der Waals surface area contributed by atoms with Crippen LogP contribution in [-0.4, -0.2) is 42.4 Å². The highest BCUT2D eigenvalue weighted by Gasteiger charge is 2.49. The van der Waals surface area contributed by atoms with Gasteiger partial charge in [0.1, 0.15) is 5.82 Å². The predicted molar refractivity (Wildman–Crippen MR) is 80.7 cm³/mol. The van der Waals surface area contributed by atoms with E-state index in [-0.39, 0.29) is 29.0 Å². The van der Waals surface area contributed by atoms with Crippen molar-refractivity contribution in [1.29, 1.82) is 0 Å². The Balaban J connectivity index is 1.81. The van der Waals surface area contributed by atoms with Crippen LogP contribution in [0.15, 0.2) is 29.2 Å². The third kappa shape index (κ3) is 2.81. The zero-order chi connectivity index (χ0) is 15.0. The van der Waals surface area contributed by atoms with Crippen LogP contribution in [0.3, 0.4) is 0 Å². The number of ether oxygens (including phenoxy) is 1. The van der Waals surface area contributed by atoms with Crippen molar-refractivity contribution in [3.63, 3.8) is 0 Å². The second kappa shape index (κ2) is 5.97. The molecular formula is C16H20FNO2S. The Hall–Kier alpha value is -1.07. The maximum Gasteiger partial charge on any atom is 0.311 e. The molecule has 2 fully saturated rings. The molecule has 2 aliphatic rings. The Morgan fingerprint density at radius 1 is 1.33 bits per heavy atom. The normalized spacial score (nSPS) is 32.1. The van der Waals surface area contributed by atoms with Crippen LogP contribution in [0.4, 0.5) is 4.39 Å². The molecule has 0 spiro atoms. The molecule has 2 heterocycles. The molecular weight excluding hydrogens is 289 g/mol. The van der Waals surface area contributed by atoms with E-state index in [0.717, 1.165) is 24.2 Å². The van der Waals surface area contributed by atoms with Crippen LogP contribution in [0.2, 0.25) is 0 Å². The molecule has 3 rings (SSSR count). The lowest BCUT2D eigenvalue weighted by Crippen LogP contribution is -2.51. The van der Waals surface area contributed by atoms with Crippen LogP contribution in [0.25, 0.3) is 0 Å². The van der Waals surface area contributed by atoms with Gasteiger partial charge in [0.25, 0.3) is 0 Å². The lowest BCUT2D eigenvalue weighted by atomic mass is 9.90. The third-order valence-corrected chi connectivity index (χ3v) is 6.12. The van der Waals surface area contributed by atoms with Gasteiger partial charge in [-0.15, -0.1) is 11.8 Å². The molecule has 1 aromatic rings. The summed E-state index contributed by atoms with van der Waals surface area (Å²) in [5.41, 5.74) is 0. The van der Waals surface area contributed by atoms with Crippen LogP contribution in [0.1, 0.15) is 19.3 Å². The Morgan fingerprint density at radius 2 is 2.05 bits per heavy atom. The number of carbonyl (C=O) groups excluding carboxylic acids is 1. The Kier molecular flexibility index (Phi) is 4.22. The first-order valence-corrected chi connectivity index (χ1v) is 8.20. The fourth-order valence-electron chi connectivity index (χ4n) is 3.68. The van der Waals surface area contributed by atoms with Crippen LogP contribution >= 0.6 is 11.8 Å². The highest BCUT2D eigenvalue weighted by molar-refractivity contribution is 8.00. The number of rotatable bonds is 3. The van der Waals surface area contributed by atoms with Gasteiger partial charge in [0.05, 0.1) is 13.0 Å². The minimum absolute atomic E-state index is 0.103. The number of piperidine rings is 1. The number of methoxy groups -OCH3 is 1. The maximum absolute atomic E-state index is 13.0. The first-order valence-electron chi connectivity index (χ1n) is 7.32. The van der Waals surface area contributed by atoms with E-state index in [0.29, 0.717) is 6.04 Å². The van der Waals surface area contributed by atoms with Crippen molar-refractivity contribution in [1.82, 2.24) is 4.90 Å². The maximum atomic E-state index is 13.0. The van der Waals surface area contributed by atoms with Gasteiger partial charge in [0.2, 0.25) is 0 Å². The van der Waals surface area contributed by atoms with Crippen molar-refractivity contribution >= 4 is 17.7 Å². The van der Waals surface area contributed by atoms with Crippen LogP contribution in [0.5, 0.6) is 0 Å². The topological polar surface area (TPSA) is 29.5 Å². The van der Waals surface area contributed by atoms with Crippen molar-refractivity contribution in [3.8, 4) is 0 Å². The molecule has 2 aliphatic heterocycles. The van der Waals surface area contributed by atoms with Crippen molar-refractivity contribution in [2.45, 2.75) is 41.5 Å². The monoisotopic (exact) mass is 309 g/mol. The first-order chi connectivity index (χ1) is 10.1. The summed E-state index contributed by atoms with van der Waals surface area (Å²) in [5, 5.41) is 0.205. The standard InChI is InChI=1S/C16H20FNO2S/c1-18-11-5-8-13(18)15(16(19)20-2)14(9-11)21-12-6-3-10(17)4-7-12/h3-4,6-7,11,13-15H,5,8-9H2,1-2H3. The SMILES string of the molecule is COC(=O)C1C(Sc2ccc(F)cc2)CC2CCC1N2C. The summed E-state index contributed by atoms with van der Waals surface area (Å²) >= 11 is 1.68. The zero-order valence-corrected chi connectivity index (χ0v) is 13.1. The fourth-order valence-corrected chi connectivity index (χ4v) is 5.08. The second-order valence-electron chi connectivity index (χ2n) is 5.86. The average molecular weight is 309 g/mol. The molecule has 0 aliphatic carbocycles. The number of fused-ring (bicyclic) bond motifs is 2. The summed E-state index contributed by atoms with van der Waals surface area (Å²) < 4.78 is 18.1. The third-order valence-electron chi connectivity index (χ3n) is 4.79. The number of benzene rings is 1. The van der Waals surface area contributed by atoms with Crippen molar-refractivity contribution in [2.24, 2.45) is 5.92 Å². The Morgan fingerprint density at radius 3 is 2.71 bits per heavy atom. The van der Waals surface area contributed by atoms with E-state index < -0.39 is 0 Å². The number of esters is 1. The lowest BCUT2D eigenvalue weighted by Gasteiger charge is -2.41. The molecule has 4 atom stereocenters. The number of carbonyl (C=O) groups is 1. The summed E-state index contributed by atoms with van der Waals surface area (Å²) in [5.74, 6) is -0.451. The minimum Gasteiger partial charge on any atom is -0.469 e. The van der Waals surface area contributed by atoms with Gasteiger partial charge in [0.15, 0.2) is 0 Å². The van der Waals surface area contributed by atoms with E-state index in [1.54, 1.807) is 23.9 Å². The predicted octanol–water partition coefficient (Wildman–Crippen LogP) is 2.94. The zero-order valence-electron chi connectivity index (χ0n) is 12.3. The van der Waals surface area contributed by atoms with Gasteiger partial charge in [0, 0.05) is 22.2 Å². The van der Waals surface area contributed by atoms with E-state index >= 15 is 0 Å². The smallest absolute Gasteiger partial charge is 0.311 e. The van der Waals surface area contributed by atoms with Crippen molar-refractivity contribution < 1.29 is 13.9 Å². The molecule has 0 N–H and O–H groups in total. The van der Waals surface area contributed by atoms with Crippen LogP contribution in [-0.2, 0) is 9.53 Å².